The monoisotopic (exact) mass is 287 g/mol. The van der Waals surface area contributed by atoms with Crippen LogP contribution in [0.15, 0.2) is 73.0 Å². The summed E-state index contributed by atoms with van der Waals surface area (Å²) < 4.78 is 0. The van der Waals surface area contributed by atoms with Gasteiger partial charge in [0.25, 0.3) is 0 Å². The van der Waals surface area contributed by atoms with Crippen molar-refractivity contribution in [2.75, 3.05) is 0 Å². The van der Waals surface area contributed by atoms with E-state index in [0.717, 1.165) is 0 Å². The van der Waals surface area contributed by atoms with E-state index in [1.807, 2.05) is 6.20 Å². The number of fused-ring (bicyclic) bond motifs is 1. The van der Waals surface area contributed by atoms with Gasteiger partial charge in [0.15, 0.2) is 0 Å². The van der Waals surface area contributed by atoms with Crippen LogP contribution in [0, 0.1) is 6.92 Å². The lowest BCUT2D eigenvalue weighted by Crippen LogP contribution is -2.17. The van der Waals surface area contributed by atoms with E-state index < -0.39 is 0 Å². The summed E-state index contributed by atoms with van der Waals surface area (Å²) in [7, 11) is 0. The van der Waals surface area contributed by atoms with Crippen LogP contribution in [-0.2, 0) is 0 Å². The Labute approximate surface area is 132 Å². The lowest BCUT2D eigenvalue weighted by Gasteiger charge is -2.21. The van der Waals surface area contributed by atoms with Gasteiger partial charge >= 0.3 is 0 Å². The second kappa shape index (κ2) is 6.48. The van der Waals surface area contributed by atoms with Crippen LogP contribution in [0.4, 0.5) is 0 Å². The molecule has 1 aliphatic rings. The molecule has 0 aliphatic carbocycles. The predicted octanol–water partition coefficient (Wildman–Crippen LogP) is 5.27. The van der Waals surface area contributed by atoms with E-state index in [2.05, 4.69) is 92.0 Å². The second-order valence-corrected chi connectivity index (χ2v) is 5.52. The van der Waals surface area contributed by atoms with E-state index in [1.165, 1.54) is 27.8 Å². The van der Waals surface area contributed by atoms with Gasteiger partial charge in [-0.25, -0.2) is 0 Å². The molecular formula is C21H21N. The zero-order valence-electron chi connectivity index (χ0n) is 13.1. The third-order valence-electron chi connectivity index (χ3n) is 4.11. The van der Waals surface area contributed by atoms with Crippen molar-refractivity contribution in [1.29, 1.82) is 0 Å². The van der Waals surface area contributed by atoms with Crippen molar-refractivity contribution in [3.8, 4) is 0 Å². The Morgan fingerprint density at radius 3 is 2.64 bits per heavy atom. The Morgan fingerprint density at radius 1 is 1.05 bits per heavy atom. The minimum Gasteiger partial charge on any atom is -0.381 e. The van der Waals surface area contributed by atoms with Gasteiger partial charge in [0.2, 0.25) is 0 Å². The van der Waals surface area contributed by atoms with Crippen molar-refractivity contribution in [1.82, 2.24) is 5.32 Å². The van der Waals surface area contributed by atoms with Gasteiger partial charge in [-0.1, -0.05) is 66.8 Å². The molecule has 2 aromatic carbocycles. The molecule has 0 saturated heterocycles. The topological polar surface area (TPSA) is 12.0 Å². The zero-order valence-corrected chi connectivity index (χ0v) is 13.1. The first kappa shape index (κ1) is 14.4. The number of benzene rings is 2. The average Bonchev–Trinajstić information content (AvgIpc) is 2.57. The molecular weight excluding hydrogens is 266 g/mol. The number of hydrogen-bond acceptors (Lipinski definition) is 1. The number of hydrogen-bond donors (Lipinski definition) is 1. The molecule has 1 heteroatoms. The second-order valence-electron chi connectivity index (χ2n) is 5.52. The maximum atomic E-state index is 3.43. The normalized spacial score (nSPS) is 17.4. The molecule has 1 unspecified atom stereocenters. The third kappa shape index (κ3) is 2.89. The third-order valence-corrected chi connectivity index (χ3v) is 4.11. The number of allylic oxidation sites excluding steroid dienone is 3. The summed E-state index contributed by atoms with van der Waals surface area (Å²) in [5.41, 5.74) is 6.46. The highest BCUT2D eigenvalue weighted by Crippen LogP contribution is 2.26. The fourth-order valence-corrected chi connectivity index (χ4v) is 2.87. The first-order valence-electron chi connectivity index (χ1n) is 7.71. The molecule has 3 rings (SSSR count). The Bertz CT molecular complexity index is 750. The maximum Gasteiger partial charge on any atom is 0.0701 e. The molecule has 0 amide bonds. The Hall–Kier alpha value is -2.54. The number of nitrogens with one attached hydrogen (secondary N) is 1. The molecule has 1 N–H and O–H groups in total. The molecule has 1 aliphatic heterocycles. The summed E-state index contributed by atoms with van der Waals surface area (Å²) in [4.78, 5) is 0. The Morgan fingerprint density at radius 2 is 1.82 bits per heavy atom. The Kier molecular flexibility index (Phi) is 4.24. The summed E-state index contributed by atoms with van der Waals surface area (Å²) >= 11 is 0. The Balaban J connectivity index is 1.88. The van der Waals surface area contributed by atoms with E-state index in [9.17, 15) is 0 Å². The molecule has 0 radical (unpaired) electrons. The van der Waals surface area contributed by atoms with E-state index in [1.54, 1.807) is 0 Å². The SMILES string of the molecule is C/C=C(\C=C/C1NC=Cc2ccccc21)c1ccccc1C. The minimum atomic E-state index is 0.222. The van der Waals surface area contributed by atoms with Crippen molar-refractivity contribution in [3.05, 3.63) is 95.2 Å². The smallest absolute Gasteiger partial charge is 0.0701 e. The first-order chi connectivity index (χ1) is 10.8. The summed E-state index contributed by atoms with van der Waals surface area (Å²) in [5, 5.41) is 3.43. The molecule has 1 nitrogen and oxygen atoms in total. The highest BCUT2D eigenvalue weighted by Gasteiger charge is 2.12. The van der Waals surface area contributed by atoms with Gasteiger partial charge in [-0.3, -0.25) is 0 Å². The van der Waals surface area contributed by atoms with Crippen molar-refractivity contribution >= 4 is 11.6 Å². The van der Waals surface area contributed by atoms with E-state index in [0.29, 0.717) is 0 Å². The molecule has 0 bridgehead atoms. The summed E-state index contributed by atoms with van der Waals surface area (Å²) in [6, 6.07) is 17.3. The zero-order chi connectivity index (χ0) is 15.4. The molecule has 0 fully saturated rings. The molecule has 0 saturated carbocycles. The van der Waals surface area contributed by atoms with Gasteiger partial charge in [-0.15, -0.1) is 0 Å². The summed E-state index contributed by atoms with van der Waals surface area (Å²) in [6.45, 7) is 4.25. The fourth-order valence-electron chi connectivity index (χ4n) is 2.87. The van der Waals surface area contributed by atoms with E-state index >= 15 is 0 Å². The van der Waals surface area contributed by atoms with Gasteiger partial charge < -0.3 is 5.32 Å². The van der Waals surface area contributed by atoms with E-state index in [4.69, 9.17) is 0 Å². The highest BCUT2D eigenvalue weighted by atomic mass is 14.9. The maximum absolute atomic E-state index is 3.43. The minimum absolute atomic E-state index is 0.222. The van der Waals surface area contributed by atoms with Crippen LogP contribution in [-0.4, -0.2) is 0 Å². The average molecular weight is 287 g/mol. The van der Waals surface area contributed by atoms with Crippen LogP contribution in [0.3, 0.4) is 0 Å². The van der Waals surface area contributed by atoms with Gasteiger partial charge in [-0.05, 0) is 54.0 Å². The summed E-state index contributed by atoms with van der Waals surface area (Å²) in [6.07, 6.45) is 10.8. The molecule has 0 spiro atoms. The van der Waals surface area contributed by atoms with Crippen LogP contribution >= 0.6 is 0 Å². The van der Waals surface area contributed by atoms with Crippen LogP contribution in [0.5, 0.6) is 0 Å². The van der Waals surface area contributed by atoms with Gasteiger partial charge in [-0.2, -0.15) is 0 Å². The highest BCUT2D eigenvalue weighted by molar-refractivity contribution is 5.76. The van der Waals surface area contributed by atoms with Crippen LogP contribution in [0.25, 0.3) is 11.6 Å². The van der Waals surface area contributed by atoms with Crippen molar-refractivity contribution in [2.45, 2.75) is 19.9 Å². The van der Waals surface area contributed by atoms with E-state index in [-0.39, 0.29) is 6.04 Å². The van der Waals surface area contributed by atoms with Crippen LogP contribution in [0.2, 0.25) is 0 Å². The largest absolute Gasteiger partial charge is 0.381 e. The standard InChI is InChI=1S/C21H21N/c1-3-17(19-10-6-4-8-16(19)2)12-13-21-20-11-7-5-9-18(20)14-15-22-21/h3-15,21-22H,1-2H3/b13-12-,17-3+. The lowest BCUT2D eigenvalue weighted by molar-refractivity contribution is 0.746. The molecule has 1 heterocycles. The molecule has 0 aromatic heterocycles. The number of rotatable bonds is 3. The quantitative estimate of drug-likeness (QED) is 0.758. The number of aryl methyl sites for hydroxylation is 1. The molecule has 110 valence electrons. The fraction of sp³-hybridized carbons (Fsp3) is 0.143. The predicted molar refractivity (Wildman–Crippen MR) is 95.3 cm³/mol. The van der Waals surface area contributed by atoms with Crippen molar-refractivity contribution in [2.24, 2.45) is 0 Å². The summed E-state index contributed by atoms with van der Waals surface area (Å²) in [5.74, 6) is 0. The molecule has 2 aromatic rings. The van der Waals surface area contributed by atoms with Crippen LogP contribution < -0.4 is 5.32 Å². The van der Waals surface area contributed by atoms with Gasteiger partial charge in [0.1, 0.15) is 0 Å². The van der Waals surface area contributed by atoms with Gasteiger partial charge in [0.05, 0.1) is 6.04 Å². The first-order valence-corrected chi connectivity index (χ1v) is 7.71. The van der Waals surface area contributed by atoms with Crippen molar-refractivity contribution < 1.29 is 0 Å². The molecule has 22 heavy (non-hydrogen) atoms. The van der Waals surface area contributed by atoms with Gasteiger partial charge in [0, 0.05) is 0 Å². The van der Waals surface area contributed by atoms with Crippen LogP contribution in [0.1, 0.15) is 35.2 Å². The molecule has 1 atom stereocenters. The van der Waals surface area contributed by atoms with Crippen molar-refractivity contribution in [3.63, 3.8) is 0 Å². The lowest BCUT2D eigenvalue weighted by atomic mass is 9.95.